The van der Waals surface area contributed by atoms with E-state index in [2.05, 4.69) is 49.9 Å². The van der Waals surface area contributed by atoms with Crippen molar-refractivity contribution in [2.75, 3.05) is 20.1 Å². The van der Waals surface area contributed by atoms with Crippen LogP contribution in [0.15, 0.2) is 6.20 Å². The number of nitrogens with zero attached hydrogens (tertiary/aromatic N) is 3. The number of hydrogen-bond donors (Lipinski definition) is 1. The van der Waals surface area contributed by atoms with Crippen molar-refractivity contribution in [1.29, 1.82) is 0 Å². The molecule has 0 saturated heterocycles. The van der Waals surface area contributed by atoms with E-state index in [0.717, 1.165) is 43.2 Å². The van der Waals surface area contributed by atoms with E-state index in [1.807, 2.05) is 11.7 Å². The number of halogens is 1. The summed E-state index contributed by atoms with van der Waals surface area (Å²) in [6.45, 7) is 14.0. The molecule has 1 atom stereocenters. The molecule has 1 N–H and O–H groups in total. The van der Waals surface area contributed by atoms with Gasteiger partial charge in [0.25, 0.3) is 0 Å². The van der Waals surface area contributed by atoms with E-state index in [9.17, 15) is 0 Å². The van der Waals surface area contributed by atoms with Gasteiger partial charge in [-0.25, -0.2) is 0 Å². The Labute approximate surface area is 134 Å². The molecule has 0 aromatic carbocycles. The Kier molecular flexibility index (Phi) is 7.17. The van der Waals surface area contributed by atoms with Gasteiger partial charge in [-0.15, -0.1) is 0 Å². The molecule has 0 aliphatic carbocycles. The Morgan fingerprint density at radius 1 is 1.24 bits per heavy atom. The van der Waals surface area contributed by atoms with Crippen LogP contribution in [0, 0.1) is 0 Å². The largest absolute Gasteiger partial charge is 0.310 e. The summed E-state index contributed by atoms with van der Waals surface area (Å²) < 4.78 is 2.02. The van der Waals surface area contributed by atoms with Crippen molar-refractivity contribution in [1.82, 2.24) is 20.0 Å². The van der Waals surface area contributed by atoms with Crippen molar-refractivity contribution in [2.45, 2.75) is 65.6 Å². The van der Waals surface area contributed by atoms with Crippen molar-refractivity contribution >= 4 is 11.6 Å². The minimum atomic E-state index is 0.0504. The van der Waals surface area contributed by atoms with Crippen LogP contribution in [-0.4, -0.2) is 40.4 Å². The molecule has 1 heterocycles. The van der Waals surface area contributed by atoms with Gasteiger partial charge in [-0.1, -0.05) is 39.3 Å². The van der Waals surface area contributed by atoms with E-state index in [1.165, 1.54) is 0 Å². The standard InChI is InChI=1S/C16H31ClN4/c1-7-16(8-2,20(9-3)10-4)15(18-6)14-13(17)12-19-21(14)11-5/h12,15,18H,7-11H2,1-6H3. The molecule has 21 heavy (non-hydrogen) atoms. The van der Waals surface area contributed by atoms with Crippen LogP contribution in [0.25, 0.3) is 0 Å². The quantitative estimate of drug-likeness (QED) is 0.754. The molecule has 0 aliphatic rings. The first-order chi connectivity index (χ1) is 10.1. The van der Waals surface area contributed by atoms with Gasteiger partial charge in [-0.3, -0.25) is 9.58 Å². The molecule has 0 amide bonds. The first-order valence-electron chi connectivity index (χ1n) is 8.19. The van der Waals surface area contributed by atoms with Crippen LogP contribution in [0.2, 0.25) is 5.02 Å². The summed E-state index contributed by atoms with van der Waals surface area (Å²) in [6, 6.07) is 0.169. The summed E-state index contributed by atoms with van der Waals surface area (Å²) in [6.07, 6.45) is 3.91. The summed E-state index contributed by atoms with van der Waals surface area (Å²) in [4.78, 5) is 2.55. The monoisotopic (exact) mass is 314 g/mol. The third-order valence-corrected chi connectivity index (χ3v) is 5.14. The Morgan fingerprint density at radius 2 is 1.81 bits per heavy atom. The van der Waals surface area contributed by atoms with Gasteiger partial charge >= 0.3 is 0 Å². The number of hydrogen-bond acceptors (Lipinski definition) is 3. The zero-order valence-electron chi connectivity index (χ0n) is 14.4. The zero-order chi connectivity index (χ0) is 16.0. The van der Waals surface area contributed by atoms with Crippen molar-refractivity contribution < 1.29 is 0 Å². The Balaban J connectivity index is 3.40. The van der Waals surface area contributed by atoms with Gasteiger partial charge in [-0.05, 0) is 39.9 Å². The Morgan fingerprint density at radius 3 is 2.19 bits per heavy atom. The molecule has 1 unspecified atom stereocenters. The van der Waals surface area contributed by atoms with E-state index in [1.54, 1.807) is 6.20 Å². The van der Waals surface area contributed by atoms with Crippen LogP contribution >= 0.6 is 11.6 Å². The van der Waals surface area contributed by atoms with Gasteiger partial charge in [0.05, 0.1) is 23.0 Å². The molecule has 5 heteroatoms. The fraction of sp³-hybridized carbons (Fsp3) is 0.812. The fourth-order valence-electron chi connectivity index (χ4n) is 3.71. The molecule has 0 aliphatic heterocycles. The maximum Gasteiger partial charge on any atom is 0.0834 e. The molecule has 1 aromatic rings. The van der Waals surface area contributed by atoms with E-state index in [0.29, 0.717) is 0 Å². The summed E-state index contributed by atoms with van der Waals surface area (Å²) in [5.74, 6) is 0. The zero-order valence-corrected chi connectivity index (χ0v) is 15.2. The maximum absolute atomic E-state index is 6.47. The summed E-state index contributed by atoms with van der Waals surface area (Å²) in [5.41, 5.74) is 1.16. The molecule has 0 bridgehead atoms. The molecule has 122 valence electrons. The molecule has 0 radical (unpaired) electrons. The normalized spacial score (nSPS) is 13.9. The van der Waals surface area contributed by atoms with Crippen LogP contribution < -0.4 is 5.32 Å². The highest BCUT2D eigenvalue weighted by Gasteiger charge is 2.42. The van der Waals surface area contributed by atoms with Gasteiger partial charge in [0.15, 0.2) is 0 Å². The lowest BCUT2D eigenvalue weighted by atomic mass is 9.80. The number of rotatable bonds is 9. The molecule has 1 rings (SSSR count). The molecule has 0 fully saturated rings. The number of aryl methyl sites for hydroxylation is 1. The second-order valence-electron chi connectivity index (χ2n) is 5.40. The number of nitrogens with one attached hydrogen (secondary N) is 1. The smallest absolute Gasteiger partial charge is 0.0834 e. The SMILES string of the molecule is CCN(CC)C(CC)(CC)C(NC)c1c(Cl)cnn1CC. The van der Waals surface area contributed by atoms with Crippen LogP contribution in [-0.2, 0) is 6.54 Å². The average molecular weight is 315 g/mol. The highest BCUT2D eigenvalue weighted by Crippen LogP contribution is 2.39. The van der Waals surface area contributed by atoms with Crippen LogP contribution in [0.5, 0.6) is 0 Å². The molecule has 0 saturated carbocycles. The molecular formula is C16H31ClN4. The van der Waals surface area contributed by atoms with Gasteiger partial charge in [0.1, 0.15) is 0 Å². The van der Waals surface area contributed by atoms with E-state index in [4.69, 9.17) is 11.6 Å². The topological polar surface area (TPSA) is 33.1 Å². The lowest BCUT2D eigenvalue weighted by Crippen LogP contribution is -2.56. The van der Waals surface area contributed by atoms with Crippen LogP contribution in [0.4, 0.5) is 0 Å². The average Bonchev–Trinajstić information content (AvgIpc) is 2.88. The first-order valence-corrected chi connectivity index (χ1v) is 8.57. The van der Waals surface area contributed by atoms with Crippen LogP contribution in [0.1, 0.15) is 59.2 Å². The second-order valence-corrected chi connectivity index (χ2v) is 5.81. The van der Waals surface area contributed by atoms with Crippen molar-refractivity contribution in [3.8, 4) is 0 Å². The van der Waals surface area contributed by atoms with Crippen molar-refractivity contribution in [3.05, 3.63) is 16.9 Å². The molecule has 4 nitrogen and oxygen atoms in total. The lowest BCUT2D eigenvalue weighted by Gasteiger charge is -2.48. The third kappa shape index (κ3) is 3.27. The lowest BCUT2D eigenvalue weighted by molar-refractivity contribution is 0.0484. The molecule has 1 aromatic heterocycles. The van der Waals surface area contributed by atoms with Crippen molar-refractivity contribution in [2.24, 2.45) is 0 Å². The summed E-state index contributed by atoms with van der Waals surface area (Å²) in [5, 5.41) is 8.71. The predicted molar refractivity (Wildman–Crippen MR) is 90.9 cm³/mol. The minimum Gasteiger partial charge on any atom is -0.310 e. The van der Waals surface area contributed by atoms with Gasteiger partial charge in [-0.2, -0.15) is 5.10 Å². The second kappa shape index (κ2) is 8.16. The maximum atomic E-state index is 6.47. The first kappa shape index (κ1) is 18.5. The van der Waals surface area contributed by atoms with E-state index >= 15 is 0 Å². The van der Waals surface area contributed by atoms with Crippen molar-refractivity contribution in [3.63, 3.8) is 0 Å². The predicted octanol–water partition coefficient (Wildman–Crippen LogP) is 3.72. The third-order valence-electron chi connectivity index (χ3n) is 4.85. The highest BCUT2D eigenvalue weighted by atomic mass is 35.5. The van der Waals surface area contributed by atoms with Crippen LogP contribution in [0.3, 0.4) is 0 Å². The fourth-order valence-corrected chi connectivity index (χ4v) is 3.96. The van der Waals surface area contributed by atoms with E-state index < -0.39 is 0 Å². The summed E-state index contributed by atoms with van der Waals surface area (Å²) in [7, 11) is 2.03. The van der Waals surface area contributed by atoms with Gasteiger partial charge in [0, 0.05) is 12.1 Å². The van der Waals surface area contributed by atoms with Gasteiger partial charge in [0.2, 0.25) is 0 Å². The Bertz CT molecular complexity index is 422. The highest BCUT2D eigenvalue weighted by molar-refractivity contribution is 6.31. The molecule has 0 spiro atoms. The number of aromatic nitrogens is 2. The van der Waals surface area contributed by atoms with E-state index in [-0.39, 0.29) is 11.6 Å². The molecular weight excluding hydrogens is 284 g/mol. The summed E-state index contributed by atoms with van der Waals surface area (Å²) >= 11 is 6.47. The Hall–Kier alpha value is -0.580. The van der Waals surface area contributed by atoms with Gasteiger partial charge < -0.3 is 5.32 Å². The number of likely N-dealkylation sites (N-methyl/N-ethyl adjacent to an activating group) is 2. The minimum absolute atomic E-state index is 0.0504.